The van der Waals surface area contributed by atoms with Crippen LogP contribution in [0.3, 0.4) is 0 Å². The van der Waals surface area contributed by atoms with Gasteiger partial charge in [0.1, 0.15) is 6.54 Å². The Hall–Kier alpha value is -3.39. The maximum absolute atomic E-state index is 13.0. The van der Waals surface area contributed by atoms with E-state index in [0.717, 1.165) is 19.3 Å². The average molecular weight is 441 g/mol. The van der Waals surface area contributed by atoms with Crippen molar-refractivity contribution in [1.29, 1.82) is 0 Å². The molecule has 4 rings (SSSR count). The van der Waals surface area contributed by atoms with Crippen LogP contribution in [0.25, 0.3) is 10.9 Å². The summed E-state index contributed by atoms with van der Waals surface area (Å²) in [7, 11) is 0. The van der Waals surface area contributed by atoms with Gasteiger partial charge in [0.2, 0.25) is 5.91 Å². The number of hydrogen-bond acceptors (Lipinski definition) is 4. The third-order valence-corrected chi connectivity index (χ3v) is 5.64. The predicted molar refractivity (Wildman–Crippen MR) is 118 cm³/mol. The molecule has 3 aromatic rings. The zero-order valence-corrected chi connectivity index (χ0v) is 17.5. The van der Waals surface area contributed by atoms with Crippen molar-refractivity contribution in [2.75, 3.05) is 18.4 Å². The molecule has 2 heterocycles. The number of halogens is 1. The van der Waals surface area contributed by atoms with Gasteiger partial charge in [0, 0.05) is 47.3 Å². The van der Waals surface area contributed by atoms with Gasteiger partial charge in [-0.15, -0.1) is 0 Å². The molecule has 160 valence electrons. The summed E-state index contributed by atoms with van der Waals surface area (Å²) < 4.78 is 1.70. The summed E-state index contributed by atoms with van der Waals surface area (Å²) in [5, 5.41) is 14.9. The normalized spacial score (nSPS) is 13.9. The van der Waals surface area contributed by atoms with E-state index in [1.807, 2.05) is 0 Å². The fraction of sp³-hybridized carbons (Fsp3) is 0.273. The Balaban J connectivity index is 1.53. The van der Waals surface area contributed by atoms with Gasteiger partial charge in [-0.25, -0.2) is 0 Å². The number of carbonyl (C=O) groups is 2. The number of amides is 2. The van der Waals surface area contributed by atoms with Crippen molar-refractivity contribution in [1.82, 2.24) is 9.47 Å². The first-order chi connectivity index (χ1) is 14.9. The van der Waals surface area contributed by atoms with Gasteiger partial charge < -0.3 is 14.8 Å². The van der Waals surface area contributed by atoms with Gasteiger partial charge in [0.15, 0.2) is 0 Å². The van der Waals surface area contributed by atoms with Gasteiger partial charge in [-0.2, -0.15) is 0 Å². The Kier molecular flexibility index (Phi) is 5.90. The van der Waals surface area contributed by atoms with E-state index >= 15 is 0 Å². The Bertz CT molecular complexity index is 1170. The quantitative estimate of drug-likeness (QED) is 0.467. The SMILES string of the molecule is O=C(Cn1ccc2cc([N+](=O)[O-])ccc21)Nc1cc(Cl)ccc1C(=O)N1CCCCC1. The molecule has 1 fully saturated rings. The van der Waals surface area contributed by atoms with Crippen LogP contribution in [0.15, 0.2) is 48.7 Å². The summed E-state index contributed by atoms with van der Waals surface area (Å²) in [6.07, 6.45) is 4.76. The van der Waals surface area contributed by atoms with Crippen LogP contribution in [-0.2, 0) is 11.3 Å². The molecule has 8 nitrogen and oxygen atoms in total. The summed E-state index contributed by atoms with van der Waals surface area (Å²) in [4.78, 5) is 38.0. The highest BCUT2D eigenvalue weighted by molar-refractivity contribution is 6.31. The number of fused-ring (bicyclic) bond motifs is 1. The highest BCUT2D eigenvalue weighted by Gasteiger charge is 2.22. The molecule has 1 aliphatic rings. The minimum Gasteiger partial charge on any atom is -0.339 e. The second-order valence-electron chi connectivity index (χ2n) is 7.53. The van der Waals surface area contributed by atoms with E-state index in [0.29, 0.717) is 40.3 Å². The second kappa shape index (κ2) is 8.77. The van der Waals surface area contributed by atoms with Gasteiger partial charge in [0.25, 0.3) is 11.6 Å². The third-order valence-electron chi connectivity index (χ3n) is 5.41. The number of piperidine rings is 1. The van der Waals surface area contributed by atoms with Crippen molar-refractivity contribution in [3.05, 3.63) is 69.4 Å². The number of benzene rings is 2. The zero-order chi connectivity index (χ0) is 22.0. The van der Waals surface area contributed by atoms with Gasteiger partial charge in [-0.05, 0) is 49.6 Å². The molecule has 2 amide bonds. The number of rotatable bonds is 5. The van der Waals surface area contributed by atoms with Gasteiger partial charge >= 0.3 is 0 Å². The van der Waals surface area contributed by atoms with Crippen molar-refractivity contribution in [3.63, 3.8) is 0 Å². The van der Waals surface area contributed by atoms with Crippen LogP contribution in [0.5, 0.6) is 0 Å². The largest absolute Gasteiger partial charge is 0.339 e. The van der Waals surface area contributed by atoms with Crippen LogP contribution >= 0.6 is 11.6 Å². The molecule has 0 atom stereocenters. The molecule has 9 heteroatoms. The number of carbonyl (C=O) groups excluding carboxylic acids is 2. The summed E-state index contributed by atoms with van der Waals surface area (Å²) >= 11 is 6.12. The lowest BCUT2D eigenvalue weighted by Crippen LogP contribution is -2.36. The summed E-state index contributed by atoms with van der Waals surface area (Å²) in [5.41, 5.74) is 1.48. The van der Waals surface area contributed by atoms with E-state index in [1.165, 1.54) is 12.1 Å². The molecular formula is C22H21ClN4O4. The molecule has 0 unspecified atom stereocenters. The van der Waals surface area contributed by atoms with Crippen LogP contribution in [-0.4, -0.2) is 39.3 Å². The lowest BCUT2D eigenvalue weighted by atomic mass is 10.1. The maximum Gasteiger partial charge on any atom is 0.270 e. The predicted octanol–water partition coefficient (Wildman–Crippen LogP) is 4.47. The molecule has 1 aromatic heterocycles. The third kappa shape index (κ3) is 4.54. The summed E-state index contributed by atoms with van der Waals surface area (Å²) in [6.45, 7) is 1.40. The van der Waals surface area contributed by atoms with E-state index in [2.05, 4.69) is 5.32 Å². The highest BCUT2D eigenvalue weighted by Crippen LogP contribution is 2.25. The van der Waals surface area contributed by atoms with E-state index in [9.17, 15) is 19.7 Å². The Morgan fingerprint density at radius 2 is 1.84 bits per heavy atom. The van der Waals surface area contributed by atoms with E-state index in [4.69, 9.17) is 11.6 Å². The number of aromatic nitrogens is 1. The van der Waals surface area contributed by atoms with Crippen LogP contribution in [0.4, 0.5) is 11.4 Å². The van der Waals surface area contributed by atoms with E-state index in [1.54, 1.807) is 46.0 Å². The monoisotopic (exact) mass is 440 g/mol. The topological polar surface area (TPSA) is 97.5 Å². The summed E-state index contributed by atoms with van der Waals surface area (Å²) in [6, 6.07) is 11.1. The van der Waals surface area contributed by atoms with Gasteiger partial charge in [0.05, 0.1) is 16.2 Å². The van der Waals surface area contributed by atoms with Crippen LogP contribution in [0.2, 0.25) is 5.02 Å². The standard InChI is InChI=1S/C22H21ClN4O4/c23-16-4-6-18(22(29)25-9-2-1-3-10-25)19(13-16)24-21(28)14-26-11-8-15-12-17(27(30)31)5-7-20(15)26/h4-8,11-13H,1-3,9-10,14H2,(H,24,28). The van der Waals surface area contributed by atoms with Gasteiger partial charge in [-0.1, -0.05) is 11.6 Å². The first kappa shape index (κ1) is 20.9. The fourth-order valence-corrected chi connectivity index (χ4v) is 4.03. The molecular weight excluding hydrogens is 420 g/mol. The van der Waals surface area contributed by atoms with Crippen LogP contribution in [0.1, 0.15) is 29.6 Å². The minimum atomic E-state index is -0.455. The molecule has 31 heavy (non-hydrogen) atoms. The number of non-ortho nitro benzene ring substituents is 1. The van der Waals surface area contributed by atoms with E-state index < -0.39 is 4.92 Å². The molecule has 1 N–H and O–H groups in total. The number of hydrogen-bond donors (Lipinski definition) is 1. The minimum absolute atomic E-state index is 0.00510. The van der Waals surface area contributed by atoms with Crippen molar-refractivity contribution in [3.8, 4) is 0 Å². The molecule has 0 spiro atoms. The first-order valence-electron chi connectivity index (χ1n) is 10.0. The van der Waals surface area contributed by atoms with Crippen molar-refractivity contribution >= 4 is 45.7 Å². The number of nitro groups is 1. The number of nitrogens with zero attached hydrogens (tertiary/aromatic N) is 3. The molecule has 1 aliphatic heterocycles. The Morgan fingerprint density at radius 1 is 1.06 bits per heavy atom. The van der Waals surface area contributed by atoms with Crippen molar-refractivity contribution in [2.45, 2.75) is 25.8 Å². The number of anilines is 1. The van der Waals surface area contributed by atoms with Crippen LogP contribution in [0, 0.1) is 10.1 Å². The summed E-state index contributed by atoms with van der Waals surface area (Å²) in [5.74, 6) is -0.448. The lowest BCUT2D eigenvalue weighted by Gasteiger charge is -2.27. The molecule has 0 radical (unpaired) electrons. The molecule has 0 bridgehead atoms. The smallest absolute Gasteiger partial charge is 0.270 e. The maximum atomic E-state index is 13.0. The van der Waals surface area contributed by atoms with Crippen molar-refractivity contribution < 1.29 is 14.5 Å². The second-order valence-corrected chi connectivity index (χ2v) is 7.97. The Labute approximate surface area is 183 Å². The molecule has 1 saturated heterocycles. The average Bonchev–Trinajstić information content (AvgIpc) is 3.16. The van der Waals surface area contributed by atoms with Crippen LogP contribution < -0.4 is 5.32 Å². The fourth-order valence-electron chi connectivity index (χ4n) is 3.86. The first-order valence-corrected chi connectivity index (χ1v) is 10.4. The lowest BCUT2D eigenvalue weighted by molar-refractivity contribution is -0.384. The number of nitro benzene ring substituents is 1. The highest BCUT2D eigenvalue weighted by atomic mass is 35.5. The zero-order valence-electron chi connectivity index (χ0n) is 16.7. The molecule has 2 aromatic carbocycles. The van der Waals surface area contributed by atoms with Crippen molar-refractivity contribution in [2.24, 2.45) is 0 Å². The van der Waals surface area contributed by atoms with Gasteiger partial charge in [-0.3, -0.25) is 19.7 Å². The number of nitrogens with one attached hydrogen (secondary N) is 1. The number of likely N-dealkylation sites (tertiary alicyclic amines) is 1. The molecule has 0 saturated carbocycles. The van der Waals surface area contributed by atoms with E-state index in [-0.39, 0.29) is 24.0 Å². The Morgan fingerprint density at radius 3 is 2.58 bits per heavy atom. The molecule has 0 aliphatic carbocycles.